The van der Waals surface area contributed by atoms with E-state index in [4.69, 9.17) is 14.7 Å². The normalized spacial score (nSPS) is 12.6. The predicted molar refractivity (Wildman–Crippen MR) is 75.9 cm³/mol. The zero-order valence-corrected chi connectivity index (χ0v) is 10.9. The summed E-state index contributed by atoms with van der Waals surface area (Å²) in [6, 6.07) is 15.5. The van der Waals surface area contributed by atoms with Gasteiger partial charge in [0.05, 0.1) is 11.6 Å². The van der Waals surface area contributed by atoms with Gasteiger partial charge in [0.25, 0.3) is 0 Å². The maximum absolute atomic E-state index is 8.88. The molecule has 4 nitrogen and oxygen atoms in total. The zero-order valence-electron chi connectivity index (χ0n) is 10.9. The Morgan fingerprint density at radius 3 is 2.75 bits per heavy atom. The number of nitriles is 1. The summed E-state index contributed by atoms with van der Waals surface area (Å²) in [7, 11) is 0. The molecule has 1 aliphatic heterocycles. The Morgan fingerprint density at radius 1 is 1.05 bits per heavy atom. The summed E-state index contributed by atoms with van der Waals surface area (Å²) in [4.78, 5) is 0. The molecule has 0 unspecified atom stereocenters. The first-order chi connectivity index (χ1) is 9.85. The molecule has 2 aromatic carbocycles. The minimum absolute atomic E-state index is 0.584. The minimum Gasteiger partial charge on any atom is -0.486 e. The zero-order chi connectivity index (χ0) is 13.8. The molecule has 0 bridgehead atoms. The topological polar surface area (TPSA) is 54.3 Å². The Kier molecular flexibility index (Phi) is 3.42. The third-order valence-electron chi connectivity index (χ3n) is 3.09. The van der Waals surface area contributed by atoms with Gasteiger partial charge < -0.3 is 14.8 Å². The van der Waals surface area contributed by atoms with Gasteiger partial charge in [0.1, 0.15) is 13.2 Å². The van der Waals surface area contributed by atoms with Gasteiger partial charge in [-0.05, 0) is 29.8 Å². The van der Waals surface area contributed by atoms with Crippen molar-refractivity contribution < 1.29 is 9.47 Å². The molecule has 0 saturated carbocycles. The van der Waals surface area contributed by atoms with Crippen molar-refractivity contribution in [3.63, 3.8) is 0 Å². The highest BCUT2D eigenvalue weighted by molar-refractivity contribution is 5.55. The lowest BCUT2D eigenvalue weighted by molar-refractivity contribution is 0.171. The molecule has 0 radical (unpaired) electrons. The Hall–Kier alpha value is -2.67. The van der Waals surface area contributed by atoms with E-state index < -0.39 is 0 Å². The average Bonchev–Trinajstić information content (AvgIpc) is 2.53. The maximum Gasteiger partial charge on any atom is 0.163 e. The Morgan fingerprint density at radius 2 is 1.90 bits per heavy atom. The van der Waals surface area contributed by atoms with E-state index in [0.717, 1.165) is 22.7 Å². The van der Waals surface area contributed by atoms with Crippen LogP contribution in [-0.2, 0) is 6.54 Å². The van der Waals surface area contributed by atoms with E-state index in [1.807, 2.05) is 36.4 Å². The van der Waals surface area contributed by atoms with Gasteiger partial charge in [-0.25, -0.2) is 0 Å². The molecule has 1 N–H and O–H groups in total. The molecule has 0 aromatic heterocycles. The van der Waals surface area contributed by atoms with E-state index in [9.17, 15) is 0 Å². The lowest BCUT2D eigenvalue weighted by Crippen LogP contribution is -2.15. The van der Waals surface area contributed by atoms with Crippen LogP contribution in [0.1, 0.15) is 11.1 Å². The van der Waals surface area contributed by atoms with Crippen molar-refractivity contribution in [3.05, 3.63) is 53.6 Å². The number of benzene rings is 2. The van der Waals surface area contributed by atoms with Crippen LogP contribution in [0.3, 0.4) is 0 Å². The number of nitrogens with one attached hydrogen (secondary N) is 1. The van der Waals surface area contributed by atoms with Crippen molar-refractivity contribution in [2.45, 2.75) is 6.54 Å². The van der Waals surface area contributed by atoms with Crippen LogP contribution in [0.15, 0.2) is 42.5 Å². The van der Waals surface area contributed by atoms with Crippen LogP contribution >= 0.6 is 0 Å². The van der Waals surface area contributed by atoms with Gasteiger partial charge in [0, 0.05) is 18.3 Å². The summed E-state index contributed by atoms with van der Waals surface area (Å²) in [5.41, 5.74) is 2.71. The monoisotopic (exact) mass is 266 g/mol. The number of hydrogen-bond acceptors (Lipinski definition) is 4. The molecule has 0 amide bonds. The van der Waals surface area contributed by atoms with E-state index in [1.54, 1.807) is 6.07 Å². The van der Waals surface area contributed by atoms with Crippen molar-refractivity contribution in [2.24, 2.45) is 0 Å². The first kappa shape index (κ1) is 12.4. The first-order valence-electron chi connectivity index (χ1n) is 6.48. The van der Waals surface area contributed by atoms with Crippen molar-refractivity contribution in [3.8, 4) is 17.6 Å². The lowest BCUT2D eigenvalue weighted by Gasteiger charge is -2.19. The van der Waals surface area contributed by atoms with Gasteiger partial charge >= 0.3 is 0 Å². The van der Waals surface area contributed by atoms with E-state index >= 15 is 0 Å². The Balaban J connectivity index is 1.70. The second-order valence-electron chi connectivity index (χ2n) is 4.52. The number of hydrogen-bond donors (Lipinski definition) is 1. The van der Waals surface area contributed by atoms with Crippen molar-refractivity contribution in [1.82, 2.24) is 0 Å². The summed E-state index contributed by atoms with van der Waals surface area (Å²) < 4.78 is 11.0. The smallest absolute Gasteiger partial charge is 0.163 e. The summed E-state index contributed by atoms with van der Waals surface area (Å²) >= 11 is 0. The molecular formula is C16H14N2O2. The Bertz CT molecular complexity index is 662. The van der Waals surface area contributed by atoms with Crippen LogP contribution in [0.2, 0.25) is 0 Å². The van der Waals surface area contributed by atoms with Crippen LogP contribution in [0.5, 0.6) is 11.5 Å². The minimum atomic E-state index is 0.584. The van der Waals surface area contributed by atoms with Gasteiger partial charge in [-0.2, -0.15) is 5.26 Å². The summed E-state index contributed by atoms with van der Waals surface area (Å²) in [6.45, 7) is 1.84. The lowest BCUT2D eigenvalue weighted by atomic mass is 10.1. The van der Waals surface area contributed by atoms with Gasteiger partial charge in [0.15, 0.2) is 11.5 Å². The van der Waals surface area contributed by atoms with Crippen molar-refractivity contribution in [2.75, 3.05) is 18.5 Å². The highest BCUT2D eigenvalue weighted by Gasteiger charge is 2.11. The molecule has 4 heteroatoms. The molecule has 1 aliphatic rings. The van der Waals surface area contributed by atoms with Crippen molar-refractivity contribution >= 4 is 5.69 Å². The summed E-state index contributed by atoms with van der Waals surface area (Å²) in [6.07, 6.45) is 0. The number of ether oxygens (including phenoxy) is 2. The molecule has 1 heterocycles. The molecule has 0 aliphatic carbocycles. The molecule has 0 atom stereocenters. The predicted octanol–water partition coefficient (Wildman–Crippen LogP) is 2.94. The molecule has 2 aromatic rings. The molecule has 0 saturated heterocycles. The van der Waals surface area contributed by atoms with Gasteiger partial charge in [0.2, 0.25) is 0 Å². The van der Waals surface area contributed by atoms with Gasteiger partial charge in [-0.1, -0.05) is 12.1 Å². The molecule has 0 fully saturated rings. The van der Waals surface area contributed by atoms with Gasteiger partial charge in [-0.15, -0.1) is 0 Å². The van der Waals surface area contributed by atoms with Crippen molar-refractivity contribution in [1.29, 1.82) is 5.26 Å². The molecule has 3 rings (SSSR count). The fraction of sp³-hybridized carbons (Fsp3) is 0.188. The standard InChI is InChI=1S/C16H14N2O2/c17-10-12-2-1-3-13(8-12)11-18-14-4-5-15-16(9-14)20-7-6-19-15/h1-5,8-9,18H,6-7,11H2. The fourth-order valence-corrected chi connectivity index (χ4v) is 2.11. The Labute approximate surface area is 117 Å². The van der Waals surface area contributed by atoms with Crippen LogP contribution in [-0.4, -0.2) is 13.2 Å². The largest absolute Gasteiger partial charge is 0.486 e. The number of nitrogens with zero attached hydrogens (tertiary/aromatic N) is 1. The SMILES string of the molecule is N#Cc1cccc(CNc2ccc3c(c2)OCCO3)c1. The van der Waals surface area contributed by atoms with E-state index in [-0.39, 0.29) is 0 Å². The third-order valence-corrected chi connectivity index (χ3v) is 3.09. The fourth-order valence-electron chi connectivity index (χ4n) is 2.11. The first-order valence-corrected chi connectivity index (χ1v) is 6.48. The summed E-state index contributed by atoms with van der Waals surface area (Å²) in [5, 5.41) is 12.2. The van der Waals surface area contributed by atoms with Crippen LogP contribution in [0, 0.1) is 11.3 Å². The second kappa shape index (κ2) is 5.54. The van der Waals surface area contributed by atoms with E-state index in [2.05, 4.69) is 11.4 Å². The molecule has 100 valence electrons. The highest BCUT2D eigenvalue weighted by Crippen LogP contribution is 2.32. The summed E-state index contributed by atoms with van der Waals surface area (Å²) in [5.74, 6) is 1.56. The molecule has 0 spiro atoms. The number of rotatable bonds is 3. The van der Waals surface area contributed by atoms with Gasteiger partial charge in [-0.3, -0.25) is 0 Å². The van der Waals surface area contributed by atoms with E-state index in [1.165, 1.54) is 0 Å². The maximum atomic E-state index is 8.88. The average molecular weight is 266 g/mol. The van der Waals surface area contributed by atoms with Crippen LogP contribution in [0.4, 0.5) is 5.69 Å². The third kappa shape index (κ3) is 2.67. The van der Waals surface area contributed by atoms with Crippen LogP contribution < -0.4 is 14.8 Å². The molecule has 20 heavy (non-hydrogen) atoms. The quantitative estimate of drug-likeness (QED) is 0.928. The highest BCUT2D eigenvalue weighted by atomic mass is 16.6. The van der Waals surface area contributed by atoms with Crippen LogP contribution in [0.25, 0.3) is 0 Å². The second-order valence-corrected chi connectivity index (χ2v) is 4.52. The molecular weight excluding hydrogens is 252 g/mol. The van der Waals surface area contributed by atoms with E-state index in [0.29, 0.717) is 25.3 Å². The number of fused-ring (bicyclic) bond motifs is 1. The number of anilines is 1.